The summed E-state index contributed by atoms with van der Waals surface area (Å²) < 4.78 is 1.68. The second kappa shape index (κ2) is 8.47. The molecule has 2 aromatic heterocycles. The summed E-state index contributed by atoms with van der Waals surface area (Å²) in [6.45, 7) is 11.1. The highest BCUT2D eigenvalue weighted by molar-refractivity contribution is 6.31. The van der Waals surface area contributed by atoms with Gasteiger partial charge in [-0.3, -0.25) is 9.89 Å². The molecule has 2 N–H and O–H groups in total. The Bertz CT molecular complexity index is 1390. The lowest BCUT2D eigenvalue weighted by Crippen LogP contribution is -2.51. The summed E-state index contributed by atoms with van der Waals surface area (Å²) in [6.07, 6.45) is 0. The fraction of sp³-hybridized carbons (Fsp3) is 0.346. The van der Waals surface area contributed by atoms with Crippen molar-refractivity contribution in [2.45, 2.75) is 33.1 Å². The van der Waals surface area contributed by atoms with Crippen molar-refractivity contribution in [3.63, 3.8) is 0 Å². The molecular weight excluding hydrogens is 448 g/mol. The second-order valence-electron chi connectivity index (χ2n) is 10.1. The third-order valence-corrected chi connectivity index (χ3v) is 6.76. The molecule has 1 aliphatic rings. The van der Waals surface area contributed by atoms with Crippen LogP contribution < -0.4 is 15.8 Å². The lowest BCUT2D eigenvalue weighted by molar-refractivity contribution is 0.419. The zero-order valence-corrected chi connectivity index (χ0v) is 20.6. The van der Waals surface area contributed by atoms with Gasteiger partial charge in [0.25, 0.3) is 5.56 Å². The monoisotopic (exact) mass is 476 g/mol. The number of fused-ring (bicyclic) bond motifs is 1. The molecule has 1 aliphatic heterocycles. The third kappa shape index (κ3) is 4.40. The zero-order chi connectivity index (χ0) is 24.0. The van der Waals surface area contributed by atoms with Gasteiger partial charge in [0.2, 0.25) is 5.95 Å². The Labute approximate surface area is 203 Å². The van der Waals surface area contributed by atoms with Gasteiger partial charge in [-0.1, -0.05) is 56.6 Å². The van der Waals surface area contributed by atoms with E-state index in [1.54, 1.807) is 4.52 Å². The van der Waals surface area contributed by atoms with Crippen molar-refractivity contribution < 1.29 is 0 Å². The first-order valence-corrected chi connectivity index (χ1v) is 11.9. The summed E-state index contributed by atoms with van der Waals surface area (Å²) in [4.78, 5) is 23.7. The minimum absolute atomic E-state index is 0.0772. The Morgan fingerprint density at radius 2 is 1.82 bits per heavy atom. The Kier molecular flexibility index (Phi) is 5.60. The van der Waals surface area contributed by atoms with Crippen LogP contribution in [0.5, 0.6) is 0 Å². The van der Waals surface area contributed by atoms with Gasteiger partial charge in [0.1, 0.15) is 0 Å². The van der Waals surface area contributed by atoms with Crippen LogP contribution in [-0.4, -0.2) is 39.2 Å². The number of nitrogens with one attached hydrogen (secondary N) is 2. The summed E-state index contributed by atoms with van der Waals surface area (Å²) in [5, 5.41) is 7.11. The number of nitrogens with zero attached hydrogens (tertiary/aromatic N) is 4. The fourth-order valence-electron chi connectivity index (χ4n) is 4.23. The van der Waals surface area contributed by atoms with Gasteiger partial charge in [0, 0.05) is 47.9 Å². The van der Waals surface area contributed by atoms with Gasteiger partial charge in [0.05, 0.1) is 0 Å². The quantitative estimate of drug-likeness (QED) is 0.428. The van der Waals surface area contributed by atoms with Crippen LogP contribution in [0.2, 0.25) is 5.02 Å². The molecule has 0 atom stereocenters. The smallest absolute Gasteiger partial charge is 0.266 e. The van der Waals surface area contributed by atoms with E-state index in [1.165, 1.54) is 11.6 Å². The summed E-state index contributed by atoms with van der Waals surface area (Å²) in [7, 11) is 0. The highest BCUT2D eigenvalue weighted by atomic mass is 35.5. The van der Waals surface area contributed by atoms with Crippen molar-refractivity contribution in [2.24, 2.45) is 5.92 Å². The van der Waals surface area contributed by atoms with E-state index in [2.05, 4.69) is 71.4 Å². The van der Waals surface area contributed by atoms with Gasteiger partial charge >= 0.3 is 0 Å². The van der Waals surface area contributed by atoms with Crippen LogP contribution in [0.3, 0.4) is 0 Å². The van der Waals surface area contributed by atoms with E-state index in [1.807, 2.05) is 19.1 Å². The molecule has 7 nitrogen and oxygen atoms in total. The number of hydrogen-bond acceptors (Lipinski definition) is 5. The first-order chi connectivity index (χ1) is 16.2. The minimum Gasteiger partial charge on any atom is -0.385 e. The first kappa shape index (κ1) is 22.5. The van der Waals surface area contributed by atoms with E-state index in [-0.39, 0.29) is 11.0 Å². The van der Waals surface area contributed by atoms with E-state index >= 15 is 0 Å². The van der Waals surface area contributed by atoms with Crippen LogP contribution in [0, 0.1) is 12.8 Å². The topological polar surface area (TPSA) is 78.3 Å². The van der Waals surface area contributed by atoms with Crippen LogP contribution in [0.4, 0.5) is 11.6 Å². The van der Waals surface area contributed by atoms with Crippen LogP contribution >= 0.6 is 11.6 Å². The number of H-pyrrole nitrogens is 1. The molecule has 0 aliphatic carbocycles. The molecular formula is C26H29ClN6O. The van der Waals surface area contributed by atoms with E-state index in [0.717, 1.165) is 41.5 Å². The average Bonchev–Trinajstić information content (AvgIpc) is 3.14. The predicted octanol–water partition coefficient (Wildman–Crippen LogP) is 4.89. The second-order valence-corrected chi connectivity index (χ2v) is 10.5. The average molecular weight is 477 g/mol. The summed E-state index contributed by atoms with van der Waals surface area (Å²) >= 11 is 6.13. The van der Waals surface area contributed by atoms with E-state index < -0.39 is 0 Å². The molecule has 2 aromatic carbocycles. The van der Waals surface area contributed by atoms with Gasteiger partial charge in [-0.15, -0.1) is 0 Å². The molecule has 0 saturated carbocycles. The van der Waals surface area contributed by atoms with Gasteiger partial charge in [-0.05, 0) is 41.7 Å². The molecule has 0 spiro atoms. The van der Waals surface area contributed by atoms with E-state index in [4.69, 9.17) is 16.6 Å². The van der Waals surface area contributed by atoms with Crippen molar-refractivity contribution in [3.05, 3.63) is 75.0 Å². The molecule has 0 amide bonds. The van der Waals surface area contributed by atoms with Crippen molar-refractivity contribution in [2.75, 3.05) is 29.9 Å². The fourth-order valence-corrected chi connectivity index (χ4v) is 4.35. The molecule has 1 fully saturated rings. The van der Waals surface area contributed by atoms with Gasteiger partial charge in [0.15, 0.2) is 11.5 Å². The van der Waals surface area contributed by atoms with Gasteiger partial charge in [-0.2, -0.15) is 4.98 Å². The Morgan fingerprint density at radius 1 is 1.09 bits per heavy atom. The number of aryl methyl sites for hydroxylation is 1. The maximum atomic E-state index is 12.1. The lowest BCUT2D eigenvalue weighted by Gasteiger charge is -2.40. The predicted molar refractivity (Wildman–Crippen MR) is 138 cm³/mol. The molecule has 3 heterocycles. The Morgan fingerprint density at radius 3 is 2.50 bits per heavy atom. The molecule has 4 aromatic rings. The van der Waals surface area contributed by atoms with Crippen molar-refractivity contribution in [3.8, 4) is 11.4 Å². The van der Waals surface area contributed by atoms with Crippen LogP contribution in [0.25, 0.3) is 17.0 Å². The molecule has 5 rings (SSSR count). The van der Waals surface area contributed by atoms with Crippen molar-refractivity contribution in [1.82, 2.24) is 19.6 Å². The molecule has 0 bridgehead atoms. The maximum Gasteiger partial charge on any atom is 0.266 e. The number of aromatic amines is 1. The van der Waals surface area contributed by atoms with E-state index in [0.29, 0.717) is 23.3 Å². The zero-order valence-electron chi connectivity index (χ0n) is 19.9. The SMILES string of the molecule is Cc1cc(NCC2CN(c3nc(-c4ccc(C(C)(C)C)cc4)nc4cc(=O)[nH]n34)C2)ccc1Cl. The Hall–Kier alpha value is -3.32. The largest absolute Gasteiger partial charge is 0.385 e. The molecule has 176 valence electrons. The maximum absolute atomic E-state index is 12.1. The number of anilines is 2. The lowest BCUT2D eigenvalue weighted by atomic mass is 9.87. The highest BCUT2D eigenvalue weighted by Gasteiger charge is 2.30. The normalized spacial score (nSPS) is 14.4. The highest BCUT2D eigenvalue weighted by Crippen LogP contribution is 2.28. The summed E-state index contributed by atoms with van der Waals surface area (Å²) in [5.74, 6) is 1.80. The van der Waals surface area contributed by atoms with Crippen molar-refractivity contribution >= 4 is 28.9 Å². The van der Waals surface area contributed by atoms with Crippen LogP contribution in [-0.2, 0) is 5.41 Å². The van der Waals surface area contributed by atoms with Gasteiger partial charge < -0.3 is 10.2 Å². The molecule has 34 heavy (non-hydrogen) atoms. The first-order valence-electron chi connectivity index (χ1n) is 11.5. The molecule has 1 saturated heterocycles. The number of rotatable bonds is 5. The number of hydrogen-bond donors (Lipinski definition) is 2. The molecule has 0 radical (unpaired) electrons. The van der Waals surface area contributed by atoms with Gasteiger partial charge in [-0.25, -0.2) is 9.50 Å². The minimum atomic E-state index is -0.187. The molecule has 0 unspecified atom stereocenters. The molecule has 8 heteroatoms. The van der Waals surface area contributed by atoms with Crippen LogP contribution in [0.15, 0.2) is 53.3 Å². The Balaban J connectivity index is 1.35. The number of aromatic nitrogens is 4. The van der Waals surface area contributed by atoms with Crippen molar-refractivity contribution in [1.29, 1.82) is 0 Å². The third-order valence-electron chi connectivity index (χ3n) is 6.34. The number of halogens is 1. The van der Waals surface area contributed by atoms with E-state index in [9.17, 15) is 4.79 Å². The summed E-state index contributed by atoms with van der Waals surface area (Å²) in [5.41, 5.74) is 4.78. The standard InChI is InChI=1S/C26H29ClN6O/c1-16-11-20(9-10-21(16)27)28-13-17-14-32(15-17)25-30-24(29-22-12-23(34)31-33(22)25)18-5-7-19(8-6-18)26(2,3)4/h5-12,17,28H,13-15H2,1-4H3,(H,31,34). The van der Waals surface area contributed by atoms with Crippen LogP contribution in [0.1, 0.15) is 31.9 Å². The number of benzene rings is 2. The summed E-state index contributed by atoms with van der Waals surface area (Å²) in [6, 6.07) is 15.8.